The largest absolute Gasteiger partial charge is 0.495 e. The standard InChI is InChI=1S/C7H6BIO3/c9-12-6-3-1-2-5-4-11-8(10)7(5)6/h1-3,10H,4H2. The predicted octanol–water partition coefficient (Wildman–Crippen LogP) is 0.633. The zero-order valence-electron chi connectivity index (χ0n) is 6.16. The lowest BCUT2D eigenvalue weighted by atomic mass is 9.79. The number of hydrogen-bond donors (Lipinski definition) is 1. The number of hydrogen-bond acceptors (Lipinski definition) is 3. The van der Waals surface area contributed by atoms with Gasteiger partial charge in [0.05, 0.1) is 6.61 Å². The molecular weight excluding hydrogens is 270 g/mol. The second kappa shape index (κ2) is 3.23. The summed E-state index contributed by atoms with van der Waals surface area (Å²) in [6.45, 7) is 0.463. The van der Waals surface area contributed by atoms with Gasteiger partial charge in [0.15, 0.2) is 23.0 Å². The van der Waals surface area contributed by atoms with Crippen molar-refractivity contribution in [1.82, 2.24) is 0 Å². The predicted molar refractivity (Wildman–Crippen MR) is 53.5 cm³/mol. The minimum atomic E-state index is -0.828. The van der Waals surface area contributed by atoms with Crippen molar-refractivity contribution < 1.29 is 12.7 Å². The van der Waals surface area contributed by atoms with E-state index < -0.39 is 7.12 Å². The molecule has 1 aromatic rings. The molecule has 1 aromatic carbocycles. The van der Waals surface area contributed by atoms with Crippen LogP contribution >= 0.6 is 23.0 Å². The molecule has 0 unspecified atom stereocenters. The molecule has 1 heterocycles. The Kier molecular flexibility index (Phi) is 2.25. The van der Waals surface area contributed by atoms with Crippen LogP contribution in [0, 0.1) is 0 Å². The summed E-state index contributed by atoms with van der Waals surface area (Å²) >= 11 is 1.79. The van der Waals surface area contributed by atoms with Gasteiger partial charge in [-0.05, 0) is 11.6 Å². The molecule has 0 aromatic heterocycles. The quantitative estimate of drug-likeness (QED) is 0.604. The molecule has 5 heteroatoms. The Morgan fingerprint density at radius 3 is 3.17 bits per heavy atom. The lowest BCUT2D eigenvalue weighted by Crippen LogP contribution is -2.28. The zero-order valence-corrected chi connectivity index (χ0v) is 8.32. The molecule has 1 aliphatic heterocycles. The molecule has 0 amide bonds. The molecule has 0 radical (unpaired) electrons. The average molecular weight is 276 g/mol. The van der Waals surface area contributed by atoms with E-state index >= 15 is 0 Å². The van der Waals surface area contributed by atoms with Crippen LogP contribution in [0.1, 0.15) is 5.56 Å². The number of benzene rings is 1. The first-order chi connectivity index (χ1) is 5.83. The molecule has 0 spiro atoms. The summed E-state index contributed by atoms with van der Waals surface area (Å²) < 4.78 is 10.1. The maximum Gasteiger partial charge on any atom is 0.495 e. The van der Waals surface area contributed by atoms with Crippen LogP contribution in [0.5, 0.6) is 5.75 Å². The third-order valence-electron chi connectivity index (χ3n) is 1.88. The Bertz CT molecular complexity index is 305. The third kappa shape index (κ3) is 1.21. The fraction of sp³-hybridized carbons (Fsp3) is 0.143. The van der Waals surface area contributed by atoms with Crippen LogP contribution < -0.4 is 8.53 Å². The second-order valence-corrected chi connectivity index (χ2v) is 3.01. The van der Waals surface area contributed by atoms with Crippen LogP contribution in [0.25, 0.3) is 0 Å². The fourth-order valence-electron chi connectivity index (χ4n) is 1.31. The van der Waals surface area contributed by atoms with Gasteiger partial charge in [0.1, 0.15) is 5.75 Å². The van der Waals surface area contributed by atoms with Crippen molar-refractivity contribution in [1.29, 1.82) is 0 Å². The van der Waals surface area contributed by atoms with Crippen LogP contribution in [0.2, 0.25) is 0 Å². The molecular formula is C7H6BIO3. The van der Waals surface area contributed by atoms with E-state index in [1.54, 1.807) is 23.0 Å². The van der Waals surface area contributed by atoms with E-state index in [2.05, 4.69) is 0 Å². The number of rotatable bonds is 1. The Balaban J connectivity index is 2.53. The molecule has 0 saturated carbocycles. The summed E-state index contributed by atoms with van der Waals surface area (Å²) in [4.78, 5) is 0. The smallest absolute Gasteiger partial charge is 0.428 e. The highest BCUT2D eigenvalue weighted by Gasteiger charge is 2.30. The first-order valence-corrected chi connectivity index (χ1v) is 4.41. The molecule has 3 nitrogen and oxygen atoms in total. The third-order valence-corrected chi connectivity index (χ3v) is 2.36. The highest BCUT2D eigenvalue weighted by Crippen LogP contribution is 2.19. The molecule has 0 saturated heterocycles. The van der Waals surface area contributed by atoms with Crippen LogP contribution in [0.4, 0.5) is 0 Å². The van der Waals surface area contributed by atoms with E-state index in [9.17, 15) is 5.02 Å². The van der Waals surface area contributed by atoms with Gasteiger partial charge in [-0.3, -0.25) is 0 Å². The van der Waals surface area contributed by atoms with Gasteiger partial charge < -0.3 is 12.7 Å². The number of fused-ring (bicyclic) bond motifs is 1. The lowest BCUT2D eigenvalue weighted by Gasteiger charge is -2.03. The summed E-state index contributed by atoms with van der Waals surface area (Å²) in [7, 11) is -0.828. The van der Waals surface area contributed by atoms with Gasteiger partial charge in [0, 0.05) is 5.46 Å². The highest BCUT2D eigenvalue weighted by molar-refractivity contribution is 14.1. The zero-order chi connectivity index (χ0) is 8.55. The van der Waals surface area contributed by atoms with Gasteiger partial charge in [-0.2, -0.15) is 0 Å². The molecule has 0 fully saturated rings. The molecule has 0 aliphatic carbocycles. The van der Waals surface area contributed by atoms with E-state index in [1.807, 2.05) is 18.2 Å². The topological polar surface area (TPSA) is 38.7 Å². The molecule has 1 N–H and O–H groups in total. The second-order valence-electron chi connectivity index (χ2n) is 2.57. The van der Waals surface area contributed by atoms with Crippen molar-refractivity contribution in [3.05, 3.63) is 23.8 Å². The van der Waals surface area contributed by atoms with E-state index in [4.69, 9.17) is 7.72 Å². The Morgan fingerprint density at radius 1 is 1.58 bits per heavy atom. The fourth-order valence-corrected chi connectivity index (χ4v) is 1.70. The summed E-state index contributed by atoms with van der Waals surface area (Å²) in [6, 6.07) is 5.61. The Morgan fingerprint density at radius 2 is 2.42 bits per heavy atom. The van der Waals surface area contributed by atoms with Crippen molar-refractivity contribution in [2.24, 2.45) is 0 Å². The summed E-state index contributed by atoms with van der Waals surface area (Å²) in [6.07, 6.45) is 0. The van der Waals surface area contributed by atoms with Gasteiger partial charge in [-0.1, -0.05) is 12.1 Å². The van der Waals surface area contributed by atoms with Crippen molar-refractivity contribution in [3.8, 4) is 5.75 Å². The van der Waals surface area contributed by atoms with Gasteiger partial charge >= 0.3 is 7.12 Å². The van der Waals surface area contributed by atoms with Gasteiger partial charge in [-0.25, -0.2) is 0 Å². The monoisotopic (exact) mass is 276 g/mol. The lowest BCUT2D eigenvalue weighted by molar-refractivity contribution is 0.275. The van der Waals surface area contributed by atoms with Gasteiger partial charge in [-0.15, -0.1) is 0 Å². The Hall–Kier alpha value is -0.265. The molecule has 0 bridgehead atoms. The summed E-state index contributed by atoms with van der Waals surface area (Å²) in [5.41, 5.74) is 1.75. The van der Waals surface area contributed by atoms with E-state index in [-0.39, 0.29) is 0 Å². The molecule has 1 aliphatic rings. The van der Waals surface area contributed by atoms with Gasteiger partial charge in [0.25, 0.3) is 0 Å². The van der Waals surface area contributed by atoms with Crippen LogP contribution in [0.3, 0.4) is 0 Å². The molecule has 2 rings (SSSR count). The maximum atomic E-state index is 9.39. The molecule has 62 valence electrons. The average Bonchev–Trinajstić information content (AvgIpc) is 2.48. The van der Waals surface area contributed by atoms with Crippen molar-refractivity contribution >= 4 is 35.6 Å². The van der Waals surface area contributed by atoms with Crippen molar-refractivity contribution in [3.63, 3.8) is 0 Å². The number of halogens is 1. The summed E-state index contributed by atoms with van der Waals surface area (Å²) in [5, 5.41) is 9.39. The van der Waals surface area contributed by atoms with Gasteiger partial charge in [0.2, 0.25) is 0 Å². The van der Waals surface area contributed by atoms with E-state index in [1.165, 1.54) is 0 Å². The minimum Gasteiger partial charge on any atom is -0.428 e. The van der Waals surface area contributed by atoms with Crippen molar-refractivity contribution in [2.45, 2.75) is 6.61 Å². The Labute approximate surface area is 84.5 Å². The summed E-state index contributed by atoms with van der Waals surface area (Å²) in [5.74, 6) is 0.679. The van der Waals surface area contributed by atoms with Crippen molar-refractivity contribution in [2.75, 3.05) is 0 Å². The first-order valence-electron chi connectivity index (χ1n) is 3.53. The van der Waals surface area contributed by atoms with Crippen LogP contribution in [0.15, 0.2) is 18.2 Å². The molecule has 0 atom stereocenters. The van der Waals surface area contributed by atoms with E-state index in [0.29, 0.717) is 12.4 Å². The van der Waals surface area contributed by atoms with Crippen LogP contribution in [-0.4, -0.2) is 12.1 Å². The first kappa shape index (κ1) is 8.34. The highest BCUT2D eigenvalue weighted by atomic mass is 127. The SMILES string of the molecule is OB1OCc2cccc(OI)c21. The molecule has 12 heavy (non-hydrogen) atoms. The van der Waals surface area contributed by atoms with Crippen LogP contribution in [-0.2, 0) is 11.3 Å². The van der Waals surface area contributed by atoms with E-state index in [0.717, 1.165) is 11.0 Å². The normalized spacial score (nSPS) is 14.7. The minimum absolute atomic E-state index is 0.463. The maximum absolute atomic E-state index is 9.39.